The molecular formula is C21H24ClN3O2S. The summed E-state index contributed by atoms with van der Waals surface area (Å²) in [6.45, 7) is 3.58. The third-order valence-electron chi connectivity index (χ3n) is 4.67. The molecule has 2 heterocycles. The van der Waals surface area contributed by atoms with Gasteiger partial charge in [0.15, 0.2) is 0 Å². The summed E-state index contributed by atoms with van der Waals surface area (Å²) in [5.41, 5.74) is 1.91. The van der Waals surface area contributed by atoms with Crippen molar-refractivity contribution in [1.29, 1.82) is 0 Å². The number of amides is 2. The topological polar surface area (TPSA) is 62.3 Å². The molecule has 0 radical (unpaired) electrons. The molecule has 1 aromatic carbocycles. The Balaban J connectivity index is 1.57. The van der Waals surface area contributed by atoms with Gasteiger partial charge in [-0.15, -0.1) is 11.3 Å². The molecule has 0 saturated carbocycles. The van der Waals surface area contributed by atoms with E-state index in [-0.39, 0.29) is 17.7 Å². The quantitative estimate of drug-likeness (QED) is 0.725. The number of hydrogen-bond acceptors (Lipinski definition) is 4. The maximum absolute atomic E-state index is 12.6. The second-order valence-corrected chi connectivity index (χ2v) is 8.25. The number of carbonyl (C=O) groups excluding carboxylic acids is 2. The predicted octanol–water partition coefficient (Wildman–Crippen LogP) is 3.89. The molecule has 5 nitrogen and oxygen atoms in total. The maximum Gasteiger partial charge on any atom is 0.246 e. The lowest BCUT2D eigenvalue weighted by Gasteiger charge is -2.31. The van der Waals surface area contributed by atoms with E-state index < -0.39 is 0 Å². The van der Waals surface area contributed by atoms with Crippen molar-refractivity contribution in [2.24, 2.45) is 0 Å². The van der Waals surface area contributed by atoms with Gasteiger partial charge in [0, 0.05) is 55.4 Å². The number of benzene rings is 1. The van der Waals surface area contributed by atoms with Crippen molar-refractivity contribution in [3.63, 3.8) is 0 Å². The smallest absolute Gasteiger partial charge is 0.246 e. The normalized spacial score (nSPS) is 17.1. The highest BCUT2D eigenvalue weighted by Gasteiger charge is 2.25. The highest BCUT2D eigenvalue weighted by atomic mass is 35.5. The largest absolute Gasteiger partial charge is 0.356 e. The van der Waals surface area contributed by atoms with Crippen LogP contribution in [0, 0.1) is 0 Å². The van der Waals surface area contributed by atoms with E-state index in [0.29, 0.717) is 18.1 Å². The van der Waals surface area contributed by atoms with Crippen LogP contribution in [0.3, 0.4) is 0 Å². The van der Waals surface area contributed by atoms with Gasteiger partial charge in [0.2, 0.25) is 11.8 Å². The van der Waals surface area contributed by atoms with Gasteiger partial charge in [-0.3, -0.25) is 9.59 Å². The maximum atomic E-state index is 12.6. The van der Waals surface area contributed by atoms with E-state index in [9.17, 15) is 9.59 Å². The molecule has 0 aliphatic carbocycles. The number of nitrogens with one attached hydrogen (secondary N) is 1. The molecule has 1 fully saturated rings. The van der Waals surface area contributed by atoms with Crippen LogP contribution in [-0.4, -0.2) is 41.3 Å². The summed E-state index contributed by atoms with van der Waals surface area (Å²) in [5, 5.41) is 6.58. The van der Waals surface area contributed by atoms with E-state index in [1.807, 2.05) is 29.2 Å². The molecule has 1 N–H and O–H groups in total. The molecule has 1 aliphatic heterocycles. The van der Waals surface area contributed by atoms with Crippen molar-refractivity contribution >= 4 is 40.8 Å². The minimum atomic E-state index is -0.0253. The van der Waals surface area contributed by atoms with Gasteiger partial charge in [0.05, 0.1) is 10.7 Å². The highest BCUT2D eigenvalue weighted by Crippen LogP contribution is 2.29. The lowest BCUT2D eigenvalue weighted by Crippen LogP contribution is -2.38. The van der Waals surface area contributed by atoms with Crippen LogP contribution in [0.15, 0.2) is 35.7 Å². The van der Waals surface area contributed by atoms with E-state index >= 15 is 0 Å². The van der Waals surface area contributed by atoms with Crippen molar-refractivity contribution in [2.45, 2.75) is 32.1 Å². The predicted molar refractivity (Wildman–Crippen MR) is 114 cm³/mol. The van der Waals surface area contributed by atoms with E-state index in [1.54, 1.807) is 23.5 Å². The van der Waals surface area contributed by atoms with Crippen molar-refractivity contribution < 1.29 is 9.59 Å². The molecule has 0 bridgehead atoms. The van der Waals surface area contributed by atoms with Crippen LogP contribution in [0.5, 0.6) is 0 Å². The molecule has 0 unspecified atom stereocenters. The van der Waals surface area contributed by atoms with Crippen LogP contribution in [0.25, 0.3) is 6.08 Å². The fraction of sp³-hybridized carbons (Fsp3) is 0.381. The van der Waals surface area contributed by atoms with Crippen molar-refractivity contribution in [2.75, 3.05) is 19.6 Å². The molecule has 3 rings (SSSR count). The Morgan fingerprint density at radius 3 is 3.07 bits per heavy atom. The molecule has 1 aliphatic rings. The lowest BCUT2D eigenvalue weighted by molar-refractivity contribution is -0.127. The van der Waals surface area contributed by atoms with Gasteiger partial charge in [-0.05, 0) is 36.6 Å². The second-order valence-electron chi connectivity index (χ2n) is 6.92. The fourth-order valence-electron chi connectivity index (χ4n) is 3.25. The number of likely N-dealkylation sites (tertiary alicyclic amines) is 1. The number of aromatic nitrogens is 1. The first kappa shape index (κ1) is 20.6. The van der Waals surface area contributed by atoms with Gasteiger partial charge in [0.25, 0.3) is 0 Å². The lowest BCUT2D eigenvalue weighted by atomic mass is 9.98. The van der Waals surface area contributed by atoms with E-state index in [2.05, 4.69) is 10.7 Å². The third kappa shape index (κ3) is 5.91. The third-order valence-corrected chi connectivity index (χ3v) is 5.97. The van der Waals surface area contributed by atoms with Gasteiger partial charge in [0.1, 0.15) is 0 Å². The molecule has 148 valence electrons. The van der Waals surface area contributed by atoms with Crippen molar-refractivity contribution in [1.82, 2.24) is 15.2 Å². The number of piperidine rings is 1. The Labute approximate surface area is 174 Å². The summed E-state index contributed by atoms with van der Waals surface area (Å²) in [5.74, 6) is 0.270. The molecule has 1 aromatic heterocycles. The molecule has 2 aromatic rings. The monoisotopic (exact) mass is 417 g/mol. The Bertz CT molecular complexity index is 865. The van der Waals surface area contributed by atoms with Crippen LogP contribution in [0.1, 0.15) is 41.9 Å². The molecule has 1 atom stereocenters. The summed E-state index contributed by atoms with van der Waals surface area (Å²) in [4.78, 5) is 30.2. The Kier molecular flexibility index (Phi) is 7.23. The van der Waals surface area contributed by atoms with Gasteiger partial charge in [-0.2, -0.15) is 0 Å². The number of halogens is 1. The molecule has 28 heavy (non-hydrogen) atoms. The molecule has 1 saturated heterocycles. The van der Waals surface area contributed by atoms with E-state index in [4.69, 9.17) is 16.6 Å². The first-order valence-electron chi connectivity index (χ1n) is 9.42. The van der Waals surface area contributed by atoms with Crippen LogP contribution in [0.4, 0.5) is 0 Å². The van der Waals surface area contributed by atoms with Gasteiger partial charge in [-0.25, -0.2) is 4.98 Å². The fourth-order valence-corrected chi connectivity index (χ4v) is 4.43. The zero-order valence-corrected chi connectivity index (χ0v) is 17.4. The summed E-state index contributed by atoms with van der Waals surface area (Å²) in [7, 11) is 0. The standard InChI is InChI=1S/C21H24ClN3O2S/c1-15(26)23-10-9-19-14-28-21(24-19)17-5-3-11-25(13-17)20(27)8-7-16-4-2-6-18(22)12-16/h2,4,6-8,12,14,17H,3,5,9-11,13H2,1H3,(H,23,26)/b8-7+/t17-/m1/s1. The van der Waals surface area contributed by atoms with Crippen LogP contribution in [0.2, 0.25) is 5.02 Å². The zero-order chi connectivity index (χ0) is 19.9. The summed E-state index contributed by atoms with van der Waals surface area (Å²) >= 11 is 7.64. The van der Waals surface area contributed by atoms with E-state index in [0.717, 1.165) is 42.1 Å². The summed E-state index contributed by atoms with van der Waals surface area (Å²) < 4.78 is 0. The molecular weight excluding hydrogens is 394 g/mol. The minimum Gasteiger partial charge on any atom is -0.356 e. The van der Waals surface area contributed by atoms with E-state index in [1.165, 1.54) is 6.92 Å². The minimum absolute atomic E-state index is 0.0205. The SMILES string of the molecule is CC(=O)NCCc1csc([C@@H]2CCCN(C(=O)/C=C/c3cccc(Cl)c3)C2)n1. The molecule has 2 amide bonds. The number of carbonyl (C=O) groups is 2. The van der Waals surface area contributed by atoms with Crippen LogP contribution >= 0.6 is 22.9 Å². The number of rotatable bonds is 6. The highest BCUT2D eigenvalue weighted by molar-refractivity contribution is 7.09. The first-order chi connectivity index (χ1) is 13.5. The molecule has 7 heteroatoms. The van der Waals surface area contributed by atoms with Gasteiger partial charge in [-0.1, -0.05) is 23.7 Å². The van der Waals surface area contributed by atoms with Crippen LogP contribution in [-0.2, 0) is 16.0 Å². The summed E-state index contributed by atoms with van der Waals surface area (Å²) in [6, 6.07) is 7.44. The van der Waals surface area contributed by atoms with Gasteiger partial charge < -0.3 is 10.2 Å². The van der Waals surface area contributed by atoms with Crippen LogP contribution < -0.4 is 5.32 Å². The Morgan fingerprint density at radius 1 is 1.43 bits per heavy atom. The Morgan fingerprint density at radius 2 is 2.29 bits per heavy atom. The number of hydrogen-bond donors (Lipinski definition) is 1. The van der Waals surface area contributed by atoms with Gasteiger partial charge >= 0.3 is 0 Å². The van der Waals surface area contributed by atoms with Crippen molar-refractivity contribution in [3.8, 4) is 0 Å². The Hall–Kier alpha value is -2.18. The average molecular weight is 418 g/mol. The van der Waals surface area contributed by atoms with Crippen molar-refractivity contribution in [3.05, 3.63) is 57.0 Å². The number of nitrogens with zero attached hydrogens (tertiary/aromatic N) is 2. The molecule has 0 spiro atoms. The second kappa shape index (κ2) is 9.85. The first-order valence-corrected chi connectivity index (χ1v) is 10.7. The summed E-state index contributed by atoms with van der Waals surface area (Å²) in [6.07, 6.45) is 6.17. The average Bonchev–Trinajstić information content (AvgIpc) is 3.15. The zero-order valence-electron chi connectivity index (χ0n) is 15.9. The number of thiazole rings is 1.